The topological polar surface area (TPSA) is 41.9 Å². The minimum atomic E-state index is -1.47. The molecule has 0 saturated heterocycles. The molecule has 4 nitrogen and oxygen atoms in total. The molecule has 140 valence electrons. The number of aromatic nitrogens is 2. The van der Waals surface area contributed by atoms with Crippen molar-refractivity contribution in [3.05, 3.63) is 76.5 Å². The normalized spacial score (nSPS) is 10.7. The highest BCUT2D eigenvalue weighted by Crippen LogP contribution is 2.20. The Morgan fingerprint density at radius 2 is 1.74 bits per heavy atom. The fraction of sp³-hybridized carbons (Fsp3) is 0.0588. The van der Waals surface area contributed by atoms with Gasteiger partial charge in [-0.2, -0.15) is 5.10 Å². The van der Waals surface area contributed by atoms with Gasteiger partial charge in [0.1, 0.15) is 0 Å². The first-order valence-corrected chi connectivity index (χ1v) is 8.31. The third-order valence-corrected chi connectivity index (χ3v) is 3.93. The molecule has 3 rings (SSSR count). The molecule has 27 heavy (non-hydrogen) atoms. The van der Waals surface area contributed by atoms with E-state index in [1.807, 2.05) is 0 Å². The summed E-state index contributed by atoms with van der Waals surface area (Å²) in [5, 5.41) is 10.4. The predicted octanol–water partition coefficient (Wildman–Crippen LogP) is 4.95. The van der Waals surface area contributed by atoms with Gasteiger partial charge in [-0.25, -0.2) is 17.6 Å². The minimum absolute atomic E-state index is 0.157. The van der Waals surface area contributed by atoms with Crippen LogP contribution in [-0.2, 0) is 6.54 Å². The first kappa shape index (κ1) is 19.1. The van der Waals surface area contributed by atoms with Crippen molar-refractivity contribution in [2.24, 2.45) is 0 Å². The molecule has 0 aliphatic heterocycles. The highest BCUT2D eigenvalue weighted by molar-refractivity contribution is 7.80. The van der Waals surface area contributed by atoms with Crippen LogP contribution in [0.1, 0.15) is 5.56 Å². The highest BCUT2D eigenvalue weighted by atomic mass is 35.5. The molecule has 0 saturated carbocycles. The number of halogens is 5. The van der Waals surface area contributed by atoms with E-state index in [0.29, 0.717) is 10.7 Å². The van der Waals surface area contributed by atoms with Crippen LogP contribution in [0.3, 0.4) is 0 Å². The average molecular weight is 415 g/mol. The Morgan fingerprint density at radius 3 is 2.41 bits per heavy atom. The number of nitrogens with zero attached hydrogens (tertiary/aromatic N) is 2. The smallest absolute Gasteiger partial charge is 0.176 e. The van der Waals surface area contributed by atoms with Gasteiger partial charge in [-0.3, -0.25) is 4.68 Å². The summed E-state index contributed by atoms with van der Waals surface area (Å²) in [7, 11) is 0. The number of benzene rings is 2. The number of hydrogen-bond donors (Lipinski definition) is 2. The van der Waals surface area contributed by atoms with Crippen LogP contribution in [0.4, 0.5) is 29.1 Å². The van der Waals surface area contributed by atoms with E-state index in [0.717, 1.165) is 4.68 Å². The van der Waals surface area contributed by atoms with Crippen LogP contribution in [0.2, 0.25) is 5.02 Å². The van der Waals surface area contributed by atoms with Crippen LogP contribution < -0.4 is 10.6 Å². The Labute approximate surface area is 161 Å². The monoisotopic (exact) mass is 414 g/mol. The summed E-state index contributed by atoms with van der Waals surface area (Å²) in [6.45, 7) is -0.498. The number of nitrogens with one attached hydrogen (secondary N) is 2. The van der Waals surface area contributed by atoms with Gasteiger partial charge in [-0.1, -0.05) is 17.7 Å². The van der Waals surface area contributed by atoms with Crippen molar-refractivity contribution >= 4 is 40.4 Å². The van der Waals surface area contributed by atoms with Crippen molar-refractivity contribution in [1.29, 1.82) is 0 Å². The maximum absolute atomic E-state index is 13.7. The van der Waals surface area contributed by atoms with E-state index in [-0.39, 0.29) is 17.0 Å². The van der Waals surface area contributed by atoms with Crippen LogP contribution in [0.25, 0.3) is 0 Å². The van der Waals surface area contributed by atoms with E-state index in [4.69, 9.17) is 23.8 Å². The van der Waals surface area contributed by atoms with Crippen LogP contribution >= 0.6 is 23.8 Å². The van der Waals surface area contributed by atoms with Crippen molar-refractivity contribution in [2.45, 2.75) is 6.54 Å². The van der Waals surface area contributed by atoms with Crippen LogP contribution in [-0.4, -0.2) is 14.9 Å². The molecule has 0 spiro atoms. The molecule has 3 aromatic rings. The Kier molecular flexibility index (Phi) is 5.62. The largest absolute Gasteiger partial charge is 0.332 e. The maximum atomic E-state index is 13.7. The highest BCUT2D eigenvalue weighted by Gasteiger charge is 2.19. The predicted molar refractivity (Wildman–Crippen MR) is 98.9 cm³/mol. The quantitative estimate of drug-likeness (QED) is 0.360. The molecular formula is C17H11ClF4N4S. The molecule has 0 unspecified atom stereocenters. The number of thiocarbonyl (C=S) groups is 1. The van der Waals surface area contributed by atoms with Gasteiger partial charge in [0.25, 0.3) is 0 Å². The zero-order valence-electron chi connectivity index (χ0n) is 13.4. The molecule has 1 aromatic heterocycles. The lowest BCUT2D eigenvalue weighted by molar-refractivity contribution is 0.431. The first-order valence-electron chi connectivity index (χ1n) is 7.52. The van der Waals surface area contributed by atoms with Gasteiger partial charge in [-0.05, 0) is 30.4 Å². The van der Waals surface area contributed by atoms with Crippen LogP contribution in [0.5, 0.6) is 0 Å². The molecule has 0 amide bonds. The molecule has 0 aliphatic rings. The summed E-state index contributed by atoms with van der Waals surface area (Å²) < 4.78 is 55.1. The van der Waals surface area contributed by atoms with Gasteiger partial charge in [0.2, 0.25) is 0 Å². The van der Waals surface area contributed by atoms with Gasteiger partial charge in [0.15, 0.2) is 34.2 Å². The minimum Gasteiger partial charge on any atom is -0.332 e. The molecular weight excluding hydrogens is 404 g/mol. The Bertz CT molecular complexity index is 982. The summed E-state index contributed by atoms with van der Waals surface area (Å²) in [5.74, 6) is -5.59. The summed E-state index contributed by atoms with van der Waals surface area (Å²) in [6, 6.07) is 8.50. The lowest BCUT2D eigenvalue weighted by Gasteiger charge is -2.09. The average Bonchev–Trinajstić information content (AvgIpc) is 3.04. The second kappa shape index (κ2) is 7.93. The molecule has 0 aliphatic carbocycles. The fourth-order valence-electron chi connectivity index (χ4n) is 2.28. The second-order valence-corrected chi connectivity index (χ2v) is 6.28. The molecule has 1 heterocycles. The zero-order chi connectivity index (χ0) is 19.6. The Morgan fingerprint density at radius 1 is 1.04 bits per heavy atom. The third kappa shape index (κ3) is 4.55. The second-order valence-electron chi connectivity index (χ2n) is 5.43. The number of hydrogen-bond acceptors (Lipinski definition) is 2. The maximum Gasteiger partial charge on any atom is 0.176 e. The van der Waals surface area contributed by atoms with Crippen molar-refractivity contribution in [2.75, 3.05) is 10.6 Å². The SMILES string of the molecule is Fc1cc(F)c(F)c(Cn2ccc(NC(=S)Nc3cccc(Cl)c3)n2)c1F. The Balaban J connectivity index is 1.70. The molecule has 10 heteroatoms. The van der Waals surface area contributed by atoms with E-state index in [9.17, 15) is 17.6 Å². The van der Waals surface area contributed by atoms with E-state index in [2.05, 4.69) is 15.7 Å². The van der Waals surface area contributed by atoms with E-state index in [1.165, 1.54) is 12.3 Å². The Hall–Kier alpha value is -2.65. The first-order chi connectivity index (χ1) is 12.8. The van der Waals surface area contributed by atoms with Gasteiger partial charge in [0.05, 0.1) is 12.1 Å². The number of rotatable bonds is 4. The lowest BCUT2D eigenvalue weighted by atomic mass is 10.2. The summed E-state index contributed by atoms with van der Waals surface area (Å²) in [4.78, 5) is 0. The molecule has 2 aromatic carbocycles. The van der Waals surface area contributed by atoms with Gasteiger partial charge in [-0.15, -0.1) is 0 Å². The summed E-state index contributed by atoms with van der Waals surface area (Å²) >= 11 is 11.0. The zero-order valence-corrected chi connectivity index (χ0v) is 15.0. The molecule has 0 fully saturated rings. The fourth-order valence-corrected chi connectivity index (χ4v) is 2.70. The summed E-state index contributed by atoms with van der Waals surface area (Å²) in [5.41, 5.74) is -0.111. The standard InChI is InChI=1S/C17H11ClF4N4S/c18-9-2-1-3-10(6-9)23-17(27)24-14-4-5-26(25-14)8-11-15(21)12(19)7-13(20)16(11)22/h1-7H,8H2,(H2,23,24,25,27). The van der Waals surface area contributed by atoms with Gasteiger partial charge in [0, 0.05) is 29.0 Å². The van der Waals surface area contributed by atoms with Crippen LogP contribution in [0.15, 0.2) is 42.6 Å². The molecule has 0 radical (unpaired) electrons. The molecule has 2 N–H and O–H groups in total. The van der Waals surface area contributed by atoms with Gasteiger partial charge >= 0.3 is 0 Å². The van der Waals surface area contributed by atoms with Crippen LogP contribution in [0, 0.1) is 23.3 Å². The molecule has 0 atom stereocenters. The van der Waals surface area contributed by atoms with Crippen molar-refractivity contribution < 1.29 is 17.6 Å². The van der Waals surface area contributed by atoms with Crippen molar-refractivity contribution in [1.82, 2.24) is 9.78 Å². The van der Waals surface area contributed by atoms with Crippen molar-refractivity contribution in [3.63, 3.8) is 0 Å². The lowest BCUT2D eigenvalue weighted by Crippen LogP contribution is -2.19. The van der Waals surface area contributed by atoms with Crippen molar-refractivity contribution in [3.8, 4) is 0 Å². The summed E-state index contributed by atoms with van der Waals surface area (Å²) in [6.07, 6.45) is 1.38. The third-order valence-electron chi connectivity index (χ3n) is 3.49. The van der Waals surface area contributed by atoms with E-state index in [1.54, 1.807) is 24.3 Å². The van der Waals surface area contributed by atoms with E-state index < -0.39 is 35.4 Å². The van der Waals surface area contributed by atoms with E-state index >= 15 is 0 Å². The number of anilines is 2. The van der Waals surface area contributed by atoms with Gasteiger partial charge < -0.3 is 10.6 Å². The molecule has 0 bridgehead atoms.